The lowest BCUT2D eigenvalue weighted by Gasteiger charge is -2.04. The van der Waals surface area contributed by atoms with E-state index in [1.807, 2.05) is 48.9 Å². The standard InChI is InChI=1S/C18H20N8O/c1-12-10-13(2)26-18(20-12)21-16(23-26)11-17(27)19-8-5-9-25-15-7-4-3-6-14(15)22-24-25/h3-4,6-7,10H,5,8-9,11H2,1-2H3,(H,19,27). The topological polar surface area (TPSA) is 103 Å². The third kappa shape index (κ3) is 3.62. The zero-order chi connectivity index (χ0) is 18.8. The Morgan fingerprint density at radius 3 is 2.93 bits per heavy atom. The molecule has 3 heterocycles. The molecule has 0 aliphatic heterocycles. The predicted molar refractivity (Wildman–Crippen MR) is 99.1 cm³/mol. The first-order chi connectivity index (χ1) is 13.1. The zero-order valence-electron chi connectivity index (χ0n) is 15.3. The molecule has 4 rings (SSSR count). The van der Waals surface area contributed by atoms with Crippen LogP contribution in [0.3, 0.4) is 0 Å². The van der Waals surface area contributed by atoms with Crippen molar-refractivity contribution in [1.29, 1.82) is 0 Å². The maximum absolute atomic E-state index is 12.2. The molecule has 1 N–H and O–H groups in total. The van der Waals surface area contributed by atoms with Crippen molar-refractivity contribution in [2.75, 3.05) is 6.54 Å². The van der Waals surface area contributed by atoms with Gasteiger partial charge in [0.05, 0.1) is 11.9 Å². The number of nitrogens with zero attached hydrogens (tertiary/aromatic N) is 7. The summed E-state index contributed by atoms with van der Waals surface area (Å²) in [4.78, 5) is 20.8. The lowest BCUT2D eigenvalue weighted by molar-refractivity contribution is -0.120. The van der Waals surface area contributed by atoms with E-state index in [-0.39, 0.29) is 12.3 Å². The second-order valence-corrected chi connectivity index (χ2v) is 6.46. The second kappa shape index (κ2) is 7.10. The van der Waals surface area contributed by atoms with Gasteiger partial charge in [0.2, 0.25) is 5.91 Å². The fourth-order valence-electron chi connectivity index (χ4n) is 3.03. The van der Waals surface area contributed by atoms with Gasteiger partial charge in [0.1, 0.15) is 5.52 Å². The van der Waals surface area contributed by atoms with Gasteiger partial charge in [0.25, 0.3) is 5.78 Å². The van der Waals surface area contributed by atoms with E-state index in [0.29, 0.717) is 24.7 Å². The van der Waals surface area contributed by atoms with Crippen molar-refractivity contribution in [3.8, 4) is 0 Å². The molecule has 9 heteroatoms. The molecule has 1 aromatic carbocycles. The van der Waals surface area contributed by atoms with E-state index < -0.39 is 0 Å². The van der Waals surface area contributed by atoms with Gasteiger partial charge in [0, 0.05) is 24.5 Å². The minimum absolute atomic E-state index is 0.108. The number of benzene rings is 1. The average molecular weight is 364 g/mol. The highest BCUT2D eigenvalue weighted by atomic mass is 16.1. The molecule has 0 unspecified atom stereocenters. The van der Waals surface area contributed by atoms with E-state index in [1.165, 1.54) is 0 Å². The number of aromatic nitrogens is 7. The molecule has 1 amide bonds. The minimum atomic E-state index is -0.108. The molecule has 0 saturated carbocycles. The average Bonchev–Trinajstić information content (AvgIpc) is 3.23. The Kier molecular flexibility index (Phi) is 4.49. The molecule has 0 aliphatic carbocycles. The molecule has 4 aromatic rings. The van der Waals surface area contributed by atoms with Crippen molar-refractivity contribution >= 4 is 22.7 Å². The van der Waals surface area contributed by atoms with Crippen LogP contribution in [0.1, 0.15) is 23.6 Å². The number of amides is 1. The summed E-state index contributed by atoms with van der Waals surface area (Å²) in [5.74, 6) is 0.882. The van der Waals surface area contributed by atoms with E-state index in [9.17, 15) is 4.79 Å². The Labute approximate surface area is 155 Å². The monoisotopic (exact) mass is 364 g/mol. The molecule has 9 nitrogen and oxygen atoms in total. The Morgan fingerprint density at radius 2 is 2.04 bits per heavy atom. The summed E-state index contributed by atoms with van der Waals surface area (Å²) in [5.41, 5.74) is 3.69. The Hall–Kier alpha value is -3.36. The van der Waals surface area contributed by atoms with Crippen LogP contribution in [-0.2, 0) is 17.8 Å². The van der Waals surface area contributed by atoms with Gasteiger partial charge in [-0.05, 0) is 38.5 Å². The third-order valence-electron chi connectivity index (χ3n) is 4.27. The molecule has 0 atom stereocenters. The number of carbonyl (C=O) groups is 1. The van der Waals surface area contributed by atoms with Gasteiger partial charge >= 0.3 is 0 Å². The van der Waals surface area contributed by atoms with E-state index in [1.54, 1.807) is 4.52 Å². The van der Waals surface area contributed by atoms with E-state index in [2.05, 4.69) is 30.7 Å². The molecular weight excluding hydrogens is 344 g/mol. The van der Waals surface area contributed by atoms with Crippen molar-refractivity contribution in [2.45, 2.75) is 33.2 Å². The van der Waals surface area contributed by atoms with Gasteiger partial charge in [-0.15, -0.1) is 10.2 Å². The first kappa shape index (κ1) is 17.1. The number of aryl methyl sites for hydroxylation is 3. The molecular formula is C18H20N8O. The summed E-state index contributed by atoms with van der Waals surface area (Å²) < 4.78 is 3.51. The van der Waals surface area contributed by atoms with Gasteiger partial charge in [-0.25, -0.2) is 14.2 Å². The molecule has 138 valence electrons. The number of hydrogen-bond acceptors (Lipinski definition) is 6. The second-order valence-electron chi connectivity index (χ2n) is 6.46. The summed E-state index contributed by atoms with van der Waals surface area (Å²) in [7, 11) is 0. The Balaban J connectivity index is 1.30. The van der Waals surface area contributed by atoms with Crippen molar-refractivity contribution in [1.82, 2.24) is 39.9 Å². The maximum atomic E-state index is 12.2. The van der Waals surface area contributed by atoms with Crippen molar-refractivity contribution < 1.29 is 4.79 Å². The largest absolute Gasteiger partial charge is 0.356 e. The molecule has 27 heavy (non-hydrogen) atoms. The van der Waals surface area contributed by atoms with Crippen molar-refractivity contribution in [3.05, 3.63) is 47.5 Å². The van der Waals surface area contributed by atoms with Crippen molar-refractivity contribution in [2.24, 2.45) is 0 Å². The number of carbonyl (C=O) groups excluding carboxylic acids is 1. The number of nitrogens with one attached hydrogen (secondary N) is 1. The molecule has 0 saturated heterocycles. The molecule has 0 fully saturated rings. The SMILES string of the molecule is Cc1cc(C)n2nc(CC(=O)NCCCn3nnc4ccccc43)nc2n1. The van der Waals surface area contributed by atoms with Crippen LogP contribution in [-0.4, -0.2) is 47.0 Å². The molecule has 0 bridgehead atoms. The van der Waals surface area contributed by atoms with E-state index in [0.717, 1.165) is 28.8 Å². The molecule has 0 spiro atoms. The van der Waals surface area contributed by atoms with Crippen LogP contribution in [0.25, 0.3) is 16.8 Å². The minimum Gasteiger partial charge on any atom is -0.356 e. The quantitative estimate of drug-likeness (QED) is 0.516. The Morgan fingerprint density at radius 1 is 1.19 bits per heavy atom. The third-order valence-corrected chi connectivity index (χ3v) is 4.27. The van der Waals surface area contributed by atoms with Gasteiger partial charge in [-0.2, -0.15) is 4.98 Å². The summed E-state index contributed by atoms with van der Waals surface area (Å²) in [5, 5.41) is 15.5. The van der Waals surface area contributed by atoms with Crippen LogP contribution in [0.2, 0.25) is 0 Å². The zero-order valence-corrected chi connectivity index (χ0v) is 15.3. The lowest BCUT2D eigenvalue weighted by Crippen LogP contribution is -2.27. The van der Waals surface area contributed by atoms with Crippen LogP contribution in [0.4, 0.5) is 0 Å². The summed E-state index contributed by atoms with van der Waals surface area (Å²) in [6, 6.07) is 9.75. The highest BCUT2D eigenvalue weighted by molar-refractivity contribution is 5.77. The summed E-state index contributed by atoms with van der Waals surface area (Å²) >= 11 is 0. The van der Waals surface area contributed by atoms with Crippen LogP contribution >= 0.6 is 0 Å². The van der Waals surface area contributed by atoms with E-state index >= 15 is 0 Å². The van der Waals surface area contributed by atoms with Crippen LogP contribution < -0.4 is 5.32 Å². The van der Waals surface area contributed by atoms with Gasteiger partial charge in [-0.1, -0.05) is 17.3 Å². The fraction of sp³-hybridized carbons (Fsp3) is 0.333. The van der Waals surface area contributed by atoms with Crippen molar-refractivity contribution in [3.63, 3.8) is 0 Å². The van der Waals surface area contributed by atoms with Crippen LogP contribution in [0, 0.1) is 13.8 Å². The van der Waals surface area contributed by atoms with Crippen LogP contribution in [0.15, 0.2) is 30.3 Å². The lowest BCUT2D eigenvalue weighted by atomic mass is 10.3. The summed E-state index contributed by atoms with van der Waals surface area (Å²) in [6.07, 6.45) is 0.894. The number of para-hydroxylation sites is 1. The summed E-state index contributed by atoms with van der Waals surface area (Å²) in [6.45, 7) is 5.09. The van der Waals surface area contributed by atoms with E-state index in [4.69, 9.17) is 0 Å². The van der Waals surface area contributed by atoms with Gasteiger partial charge in [-0.3, -0.25) is 4.79 Å². The van der Waals surface area contributed by atoms with Gasteiger partial charge in [0.15, 0.2) is 5.82 Å². The smallest absolute Gasteiger partial charge is 0.252 e. The first-order valence-electron chi connectivity index (χ1n) is 8.85. The normalized spacial score (nSPS) is 11.3. The molecule has 0 aliphatic rings. The highest BCUT2D eigenvalue weighted by Crippen LogP contribution is 2.10. The number of rotatable bonds is 6. The Bertz CT molecular complexity index is 1110. The maximum Gasteiger partial charge on any atom is 0.252 e. The first-order valence-corrected chi connectivity index (χ1v) is 8.85. The number of hydrogen-bond donors (Lipinski definition) is 1. The molecule has 3 aromatic heterocycles. The molecule has 0 radical (unpaired) electrons. The number of fused-ring (bicyclic) bond motifs is 2. The fourth-order valence-corrected chi connectivity index (χ4v) is 3.03. The predicted octanol–water partition coefficient (Wildman–Crippen LogP) is 1.23. The highest BCUT2D eigenvalue weighted by Gasteiger charge is 2.11. The van der Waals surface area contributed by atoms with Crippen LogP contribution in [0.5, 0.6) is 0 Å². The van der Waals surface area contributed by atoms with Gasteiger partial charge < -0.3 is 5.32 Å².